The number of nitrogens with one attached hydrogen (secondary N) is 1. The summed E-state index contributed by atoms with van der Waals surface area (Å²) in [7, 11) is 3.24. The Balaban J connectivity index is 1.50. The van der Waals surface area contributed by atoms with Crippen LogP contribution in [0.1, 0.15) is 16.7 Å². The van der Waals surface area contributed by atoms with E-state index in [0.717, 1.165) is 22.3 Å². The molecule has 4 aromatic rings. The molecule has 0 bridgehead atoms. The first-order valence-corrected chi connectivity index (χ1v) is 11.6. The van der Waals surface area contributed by atoms with E-state index >= 15 is 0 Å². The summed E-state index contributed by atoms with van der Waals surface area (Å²) < 4.78 is 16.8. The molecule has 8 nitrogen and oxygen atoms in total. The summed E-state index contributed by atoms with van der Waals surface area (Å²) >= 11 is 1.57. The molecule has 0 aliphatic carbocycles. The molecule has 4 rings (SSSR count). The van der Waals surface area contributed by atoms with E-state index in [4.69, 9.17) is 14.2 Å². The van der Waals surface area contributed by atoms with Crippen molar-refractivity contribution in [3.05, 3.63) is 76.0 Å². The number of aryl methyl sites for hydroxylation is 1. The summed E-state index contributed by atoms with van der Waals surface area (Å²) in [6.45, 7) is 2.39. The first-order valence-electron chi connectivity index (χ1n) is 10.6. The van der Waals surface area contributed by atoms with Gasteiger partial charge in [-0.2, -0.15) is 31.4 Å². The van der Waals surface area contributed by atoms with E-state index in [9.17, 15) is 0 Å². The Morgan fingerprint density at radius 1 is 1.03 bits per heavy atom. The molecule has 34 heavy (non-hydrogen) atoms. The number of nitrogens with zero attached hydrogens (tertiary/aromatic N) is 4. The highest BCUT2D eigenvalue weighted by Crippen LogP contribution is 2.31. The van der Waals surface area contributed by atoms with Crippen molar-refractivity contribution in [2.75, 3.05) is 26.3 Å². The van der Waals surface area contributed by atoms with Crippen molar-refractivity contribution in [2.45, 2.75) is 13.3 Å². The Morgan fingerprint density at radius 2 is 1.91 bits per heavy atom. The molecule has 0 atom stereocenters. The molecule has 1 N–H and O–H groups in total. The van der Waals surface area contributed by atoms with Crippen LogP contribution in [-0.2, 0) is 6.42 Å². The van der Waals surface area contributed by atoms with Crippen molar-refractivity contribution >= 4 is 23.5 Å². The Labute approximate surface area is 202 Å². The van der Waals surface area contributed by atoms with Crippen LogP contribution in [0.15, 0.2) is 64.4 Å². The van der Waals surface area contributed by atoms with Gasteiger partial charge in [-0.1, -0.05) is 42.0 Å². The third-order valence-electron chi connectivity index (χ3n) is 4.90. The number of hydrogen-bond donors (Lipinski definition) is 1. The SMILES string of the molecule is COc1cccc(CCOc2nc(NN=Cc3cccc(C)c3)nc(-c3ccsc3)n2)c1OC. The highest BCUT2D eigenvalue weighted by molar-refractivity contribution is 7.08. The zero-order valence-electron chi connectivity index (χ0n) is 19.2. The molecule has 0 aliphatic heterocycles. The summed E-state index contributed by atoms with van der Waals surface area (Å²) in [6, 6.07) is 15.9. The molecule has 0 radical (unpaired) electrons. The number of aromatic nitrogens is 3. The van der Waals surface area contributed by atoms with Crippen molar-refractivity contribution in [1.82, 2.24) is 15.0 Å². The van der Waals surface area contributed by atoms with Crippen LogP contribution in [0.2, 0.25) is 0 Å². The number of thiophene rings is 1. The molecule has 0 saturated carbocycles. The van der Waals surface area contributed by atoms with E-state index in [1.165, 1.54) is 0 Å². The summed E-state index contributed by atoms with van der Waals surface area (Å²) in [6.07, 6.45) is 2.31. The van der Waals surface area contributed by atoms with Gasteiger partial charge < -0.3 is 14.2 Å². The van der Waals surface area contributed by atoms with Crippen LogP contribution in [0.5, 0.6) is 17.5 Å². The van der Waals surface area contributed by atoms with Crippen LogP contribution < -0.4 is 19.6 Å². The molecule has 2 aromatic heterocycles. The second-order valence-electron chi connectivity index (χ2n) is 7.31. The van der Waals surface area contributed by atoms with Gasteiger partial charge in [0.05, 0.1) is 27.0 Å². The van der Waals surface area contributed by atoms with E-state index in [2.05, 4.69) is 25.5 Å². The molecule has 0 amide bonds. The van der Waals surface area contributed by atoms with Gasteiger partial charge in [-0.3, -0.25) is 0 Å². The molecule has 0 fully saturated rings. The predicted molar refractivity (Wildman–Crippen MR) is 134 cm³/mol. The number of para-hydroxylation sites is 1. The molecule has 174 valence electrons. The standard InChI is InChI=1S/C25H25N5O3S/c1-17-6-4-7-18(14-17)15-26-30-24-27-23(20-11-13-34-16-20)28-25(29-24)33-12-10-19-8-5-9-21(31-2)22(19)32-3/h4-9,11,13-16H,10,12H2,1-3H3,(H,27,28,29,30). The van der Waals surface area contributed by atoms with E-state index in [-0.39, 0.29) is 6.01 Å². The van der Waals surface area contributed by atoms with Crippen LogP contribution in [0.4, 0.5) is 5.95 Å². The average molecular weight is 476 g/mol. The van der Waals surface area contributed by atoms with E-state index in [1.54, 1.807) is 31.8 Å². The highest BCUT2D eigenvalue weighted by Gasteiger charge is 2.12. The quantitative estimate of drug-likeness (QED) is 0.255. The number of methoxy groups -OCH3 is 2. The largest absolute Gasteiger partial charge is 0.493 e. The third-order valence-corrected chi connectivity index (χ3v) is 5.58. The number of anilines is 1. The van der Waals surface area contributed by atoms with Crippen molar-refractivity contribution in [2.24, 2.45) is 5.10 Å². The summed E-state index contributed by atoms with van der Waals surface area (Å²) in [5.41, 5.74) is 6.88. The molecular formula is C25H25N5O3S. The van der Waals surface area contributed by atoms with Gasteiger partial charge in [0.25, 0.3) is 0 Å². The Kier molecular flexibility index (Phi) is 7.67. The lowest BCUT2D eigenvalue weighted by Crippen LogP contribution is -2.08. The van der Waals surface area contributed by atoms with Crippen molar-refractivity contribution in [1.29, 1.82) is 0 Å². The molecule has 2 heterocycles. The number of hydrogen-bond acceptors (Lipinski definition) is 9. The first-order chi connectivity index (χ1) is 16.7. The minimum Gasteiger partial charge on any atom is -0.493 e. The predicted octanol–water partition coefficient (Wildman–Crippen LogP) is 4.99. The normalized spacial score (nSPS) is 10.9. The summed E-state index contributed by atoms with van der Waals surface area (Å²) in [5, 5.41) is 8.22. The maximum Gasteiger partial charge on any atom is 0.321 e. The molecule has 0 spiro atoms. The van der Waals surface area contributed by atoms with Gasteiger partial charge in [0.1, 0.15) is 0 Å². The highest BCUT2D eigenvalue weighted by atomic mass is 32.1. The smallest absolute Gasteiger partial charge is 0.321 e. The van der Waals surface area contributed by atoms with E-state index in [1.807, 2.05) is 66.2 Å². The fourth-order valence-corrected chi connectivity index (χ4v) is 3.94. The second kappa shape index (κ2) is 11.2. The zero-order valence-corrected chi connectivity index (χ0v) is 20.0. The van der Waals surface area contributed by atoms with E-state index in [0.29, 0.717) is 36.3 Å². The Morgan fingerprint density at radius 3 is 2.68 bits per heavy atom. The van der Waals surface area contributed by atoms with Crippen molar-refractivity contribution in [3.63, 3.8) is 0 Å². The topological polar surface area (TPSA) is 90.8 Å². The molecule has 0 unspecified atom stereocenters. The number of rotatable bonds is 10. The van der Waals surface area contributed by atoms with E-state index < -0.39 is 0 Å². The lowest BCUT2D eigenvalue weighted by Gasteiger charge is -2.13. The maximum absolute atomic E-state index is 5.90. The lowest BCUT2D eigenvalue weighted by molar-refractivity contribution is 0.292. The third kappa shape index (κ3) is 5.87. The monoisotopic (exact) mass is 475 g/mol. The summed E-state index contributed by atoms with van der Waals surface area (Å²) in [4.78, 5) is 13.3. The van der Waals surface area contributed by atoms with Crippen LogP contribution in [0, 0.1) is 6.92 Å². The first kappa shape index (κ1) is 23.2. The van der Waals surface area contributed by atoms with Crippen molar-refractivity contribution < 1.29 is 14.2 Å². The van der Waals surface area contributed by atoms with Crippen molar-refractivity contribution in [3.8, 4) is 28.9 Å². The van der Waals surface area contributed by atoms with Gasteiger partial charge in [0, 0.05) is 22.9 Å². The van der Waals surface area contributed by atoms with Crippen LogP contribution >= 0.6 is 11.3 Å². The lowest BCUT2D eigenvalue weighted by atomic mass is 10.1. The van der Waals surface area contributed by atoms with Gasteiger partial charge in [-0.05, 0) is 30.0 Å². The minimum absolute atomic E-state index is 0.214. The maximum atomic E-state index is 5.90. The van der Waals surface area contributed by atoms with Gasteiger partial charge in [0.2, 0.25) is 5.95 Å². The second-order valence-corrected chi connectivity index (χ2v) is 8.09. The molecule has 0 aliphatic rings. The number of ether oxygens (including phenoxy) is 3. The van der Waals surface area contributed by atoms with Crippen LogP contribution in [-0.4, -0.2) is 42.0 Å². The molecule has 9 heteroatoms. The molecule has 0 saturated heterocycles. The van der Waals surface area contributed by atoms with Crippen LogP contribution in [0.3, 0.4) is 0 Å². The van der Waals surface area contributed by atoms with Gasteiger partial charge >= 0.3 is 6.01 Å². The number of hydrazone groups is 1. The number of benzene rings is 2. The molecular weight excluding hydrogens is 450 g/mol. The van der Waals surface area contributed by atoms with Gasteiger partial charge in [-0.15, -0.1) is 0 Å². The molecule has 2 aromatic carbocycles. The average Bonchev–Trinajstić information content (AvgIpc) is 3.39. The van der Waals surface area contributed by atoms with Gasteiger partial charge in [0.15, 0.2) is 17.3 Å². The van der Waals surface area contributed by atoms with Crippen LogP contribution in [0.25, 0.3) is 11.4 Å². The Bertz CT molecular complexity index is 1260. The fraction of sp³-hybridized carbons (Fsp3) is 0.200. The zero-order chi connectivity index (χ0) is 23.8. The minimum atomic E-state index is 0.214. The van der Waals surface area contributed by atoms with Gasteiger partial charge in [-0.25, -0.2) is 5.43 Å². The summed E-state index contributed by atoms with van der Waals surface area (Å²) in [5.74, 6) is 2.18. The Hall–Kier alpha value is -3.98. The fourth-order valence-electron chi connectivity index (χ4n) is 3.31.